The summed E-state index contributed by atoms with van der Waals surface area (Å²) in [6, 6.07) is 24.5. The first-order valence-corrected chi connectivity index (χ1v) is 12.9. The number of carboxylic acids is 1. The molecule has 1 aliphatic carbocycles. The topological polar surface area (TPSA) is 97.8 Å². The molecule has 198 valence electrons. The smallest absolute Gasteiger partial charge is 0.407 e. The first kappa shape index (κ1) is 26.0. The zero-order valence-corrected chi connectivity index (χ0v) is 21.9. The molecule has 1 atom stereocenters. The number of ether oxygens (including phenoxy) is 2. The minimum Gasteiger partial charge on any atom is -0.497 e. The van der Waals surface area contributed by atoms with Crippen molar-refractivity contribution in [2.45, 2.75) is 31.7 Å². The highest BCUT2D eigenvalue weighted by Crippen LogP contribution is 2.44. The average Bonchev–Trinajstić information content (AvgIpc) is 3.29. The highest BCUT2D eigenvalue weighted by Gasteiger charge is 2.29. The van der Waals surface area contributed by atoms with Gasteiger partial charge in [0.05, 0.1) is 12.8 Å². The van der Waals surface area contributed by atoms with Crippen molar-refractivity contribution in [3.05, 3.63) is 107 Å². The van der Waals surface area contributed by atoms with Gasteiger partial charge in [0.25, 0.3) is 0 Å². The van der Waals surface area contributed by atoms with E-state index in [1.807, 2.05) is 66.7 Å². The lowest BCUT2D eigenvalue weighted by Gasteiger charge is -2.17. The molecule has 1 heterocycles. The second-order valence-electron chi connectivity index (χ2n) is 9.49. The fourth-order valence-corrected chi connectivity index (χ4v) is 5.16. The zero-order valence-electron chi connectivity index (χ0n) is 21.9. The van der Waals surface area contributed by atoms with Gasteiger partial charge in [0.1, 0.15) is 18.4 Å². The van der Waals surface area contributed by atoms with Gasteiger partial charge in [-0.25, -0.2) is 9.59 Å². The van der Waals surface area contributed by atoms with Crippen molar-refractivity contribution < 1.29 is 24.2 Å². The molecule has 1 aromatic heterocycles. The van der Waals surface area contributed by atoms with Crippen molar-refractivity contribution in [2.24, 2.45) is 0 Å². The Morgan fingerprint density at radius 2 is 1.64 bits per heavy atom. The van der Waals surface area contributed by atoms with Crippen LogP contribution in [0, 0.1) is 0 Å². The highest BCUT2D eigenvalue weighted by atomic mass is 16.5. The normalized spacial score (nSPS) is 12.8. The molecule has 1 amide bonds. The molecule has 1 aliphatic rings. The van der Waals surface area contributed by atoms with Crippen LogP contribution in [0.2, 0.25) is 0 Å². The number of alkyl carbamates (subject to hydrolysis) is 1. The van der Waals surface area contributed by atoms with Crippen LogP contribution >= 0.6 is 0 Å². The van der Waals surface area contributed by atoms with Crippen molar-refractivity contribution in [3.8, 4) is 28.1 Å². The van der Waals surface area contributed by atoms with Gasteiger partial charge in [-0.1, -0.05) is 61.5 Å². The van der Waals surface area contributed by atoms with E-state index in [-0.39, 0.29) is 18.9 Å². The molecule has 39 heavy (non-hydrogen) atoms. The number of rotatable bonds is 9. The third kappa shape index (κ3) is 5.48. The number of hydrogen-bond acceptors (Lipinski definition) is 5. The predicted octanol–water partition coefficient (Wildman–Crippen LogP) is 5.85. The molecule has 1 unspecified atom stereocenters. The Balaban J connectivity index is 1.23. The number of nitrogens with zero attached hydrogens (tertiary/aromatic N) is 1. The Kier molecular flexibility index (Phi) is 7.59. The molecule has 0 spiro atoms. The van der Waals surface area contributed by atoms with E-state index in [1.165, 1.54) is 0 Å². The van der Waals surface area contributed by atoms with Crippen LogP contribution in [-0.4, -0.2) is 41.9 Å². The molecule has 7 heteroatoms. The second kappa shape index (κ2) is 11.4. The number of aryl methyl sites for hydroxylation is 1. The van der Waals surface area contributed by atoms with E-state index in [0.29, 0.717) is 5.56 Å². The Labute approximate surface area is 227 Å². The summed E-state index contributed by atoms with van der Waals surface area (Å²) in [4.78, 5) is 29.2. The fraction of sp³-hybridized carbons (Fsp3) is 0.219. The molecule has 0 saturated carbocycles. The molecular formula is C32H30N2O5. The maximum atomic E-state index is 12.7. The minimum absolute atomic E-state index is 0.0794. The lowest BCUT2D eigenvalue weighted by molar-refractivity contribution is -0.139. The third-order valence-electron chi connectivity index (χ3n) is 7.17. The van der Waals surface area contributed by atoms with Crippen LogP contribution in [0.4, 0.5) is 4.79 Å². The number of fused-ring (bicyclic) bond motifs is 3. The maximum Gasteiger partial charge on any atom is 0.407 e. The van der Waals surface area contributed by atoms with Crippen LogP contribution in [0.5, 0.6) is 5.75 Å². The fourth-order valence-electron chi connectivity index (χ4n) is 5.16. The summed E-state index contributed by atoms with van der Waals surface area (Å²) >= 11 is 0. The number of hydrogen-bond donors (Lipinski definition) is 2. The summed E-state index contributed by atoms with van der Waals surface area (Å²) < 4.78 is 10.9. The molecule has 0 fully saturated rings. The number of carbonyl (C=O) groups excluding carboxylic acids is 1. The Morgan fingerprint density at radius 3 is 2.23 bits per heavy atom. The lowest BCUT2D eigenvalue weighted by atomic mass is 9.98. The van der Waals surface area contributed by atoms with Crippen molar-refractivity contribution in [3.63, 3.8) is 0 Å². The number of pyridine rings is 1. The molecule has 7 nitrogen and oxygen atoms in total. The van der Waals surface area contributed by atoms with Crippen molar-refractivity contribution in [1.29, 1.82) is 0 Å². The lowest BCUT2D eigenvalue weighted by Crippen LogP contribution is -2.42. The van der Waals surface area contributed by atoms with Crippen LogP contribution in [0.3, 0.4) is 0 Å². The van der Waals surface area contributed by atoms with Crippen LogP contribution in [-0.2, 0) is 22.4 Å². The summed E-state index contributed by atoms with van der Waals surface area (Å²) in [6.45, 7) is 2.18. The Morgan fingerprint density at radius 1 is 0.949 bits per heavy atom. The largest absolute Gasteiger partial charge is 0.497 e. The number of nitrogens with one attached hydrogen (secondary N) is 1. The average molecular weight is 523 g/mol. The number of aromatic nitrogens is 1. The van der Waals surface area contributed by atoms with E-state index in [0.717, 1.165) is 51.2 Å². The number of carboxylic acid groups (broad SMARTS) is 1. The molecule has 5 rings (SSSR count). The van der Waals surface area contributed by atoms with Crippen LogP contribution in [0.25, 0.3) is 22.4 Å². The second-order valence-corrected chi connectivity index (χ2v) is 9.49. The van der Waals surface area contributed by atoms with E-state index in [2.05, 4.69) is 29.4 Å². The number of amides is 1. The SMILES string of the molecule is CCc1cc(OC)ccc1-c1ccc(CC(NC(=O)OCC2c3ccccc3-c3ccccc32)C(=O)O)cn1. The van der Waals surface area contributed by atoms with Crippen molar-refractivity contribution in [2.75, 3.05) is 13.7 Å². The standard InChI is InChI=1S/C32H30N2O5/c1-3-21-17-22(38-2)13-14-23(21)29-15-12-20(18-33-29)16-30(31(35)36)34-32(37)39-19-28-26-10-6-4-8-24(26)25-9-5-7-11-27(25)28/h4-15,17-18,28,30H,3,16,19H2,1-2H3,(H,34,37)(H,35,36). The summed E-state index contributed by atoms with van der Waals surface area (Å²) in [7, 11) is 1.64. The van der Waals surface area contributed by atoms with Gasteiger partial charge in [-0.15, -0.1) is 0 Å². The van der Waals surface area contributed by atoms with Crippen LogP contribution in [0.15, 0.2) is 85.1 Å². The first-order chi connectivity index (χ1) is 19.0. The van der Waals surface area contributed by atoms with Gasteiger partial charge in [-0.3, -0.25) is 4.98 Å². The predicted molar refractivity (Wildman–Crippen MR) is 149 cm³/mol. The van der Waals surface area contributed by atoms with E-state index < -0.39 is 18.1 Å². The van der Waals surface area contributed by atoms with Gasteiger partial charge in [-0.2, -0.15) is 0 Å². The molecule has 0 bridgehead atoms. The number of aliphatic carboxylic acids is 1. The number of carbonyl (C=O) groups is 2. The van der Waals surface area contributed by atoms with E-state index in [4.69, 9.17) is 9.47 Å². The quantitative estimate of drug-likeness (QED) is 0.286. The first-order valence-electron chi connectivity index (χ1n) is 12.9. The van der Waals surface area contributed by atoms with Gasteiger partial charge >= 0.3 is 12.1 Å². The monoisotopic (exact) mass is 522 g/mol. The van der Waals surface area contributed by atoms with Gasteiger partial charge in [-0.05, 0) is 64.1 Å². The minimum atomic E-state index is -1.15. The van der Waals surface area contributed by atoms with Gasteiger partial charge in [0.2, 0.25) is 0 Å². The zero-order chi connectivity index (χ0) is 27.4. The molecule has 0 aliphatic heterocycles. The highest BCUT2D eigenvalue weighted by molar-refractivity contribution is 5.81. The van der Waals surface area contributed by atoms with Crippen LogP contribution < -0.4 is 10.1 Å². The molecule has 0 saturated heterocycles. The van der Waals surface area contributed by atoms with E-state index in [9.17, 15) is 14.7 Å². The Bertz CT molecular complexity index is 1450. The van der Waals surface area contributed by atoms with E-state index in [1.54, 1.807) is 13.3 Å². The van der Waals surface area contributed by atoms with Gasteiger partial charge in [0.15, 0.2) is 0 Å². The maximum absolute atomic E-state index is 12.7. The molecule has 4 aromatic rings. The van der Waals surface area contributed by atoms with Gasteiger partial charge in [0, 0.05) is 24.1 Å². The molecule has 3 aromatic carbocycles. The Hall–Kier alpha value is -4.65. The third-order valence-corrected chi connectivity index (χ3v) is 7.17. The van der Waals surface area contributed by atoms with E-state index >= 15 is 0 Å². The van der Waals surface area contributed by atoms with Crippen molar-refractivity contribution >= 4 is 12.1 Å². The van der Waals surface area contributed by atoms with Crippen LogP contribution in [0.1, 0.15) is 35.1 Å². The molecule has 0 radical (unpaired) electrons. The number of methoxy groups -OCH3 is 1. The van der Waals surface area contributed by atoms with Gasteiger partial charge < -0.3 is 19.9 Å². The molecule has 2 N–H and O–H groups in total. The van der Waals surface area contributed by atoms with Crippen molar-refractivity contribution in [1.82, 2.24) is 10.3 Å². The number of benzene rings is 3. The summed E-state index contributed by atoms with van der Waals surface area (Å²) in [5, 5.41) is 12.3. The molecular weight excluding hydrogens is 492 g/mol. The summed E-state index contributed by atoms with van der Waals surface area (Å²) in [5.41, 5.74) is 8.02. The summed E-state index contributed by atoms with van der Waals surface area (Å²) in [5.74, 6) is -0.457. The summed E-state index contributed by atoms with van der Waals surface area (Å²) in [6.07, 6.45) is 1.78.